The maximum absolute atomic E-state index is 13.8. The number of aromatic nitrogens is 1. The van der Waals surface area contributed by atoms with Gasteiger partial charge in [-0.25, -0.2) is 9.37 Å². The number of benzene rings is 1. The second kappa shape index (κ2) is 7.80. The predicted molar refractivity (Wildman–Crippen MR) is 112 cm³/mol. The van der Waals surface area contributed by atoms with Crippen molar-refractivity contribution < 1.29 is 9.18 Å². The Balaban J connectivity index is 1.41. The van der Waals surface area contributed by atoms with Crippen molar-refractivity contribution in [3.05, 3.63) is 51.7 Å². The molecule has 2 bridgehead atoms. The van der Waals surface area contributed by atoms with Gasteiger partial charge < -0.3 is 4.90 Å². The molecule has 0 spiro atoms. The van der Waals surface area contributed by atoms with Crippen molar-refractivity contribution in [1.82, 2.24) is 14.8 Å². The Morgan fingerprint density at radius 2 is 2.14 bits per heavy atom. The monoisotopic (exact) mass is 413 g/mol. The molecule has 4 nitrogen and oxygen atoms in total. The molecule has 1 aromatic heterocycles. The second-order valence-corrected chi connectivity index (χ2v) is 10.0. The maximum atomic E-state index is 13.8. The molecule has 29 heavy (non-hydrogen) atoms. The van der Waals surface area contributed by atoms with E-state index in [9.17, 15) is 9.18 Å². The molecule has 3 fully saturated rings. The Morgan fingerprint density at radius 1 is 1.28 bits per heavy atom. The third-order valence-corrected chi connectivity index (χ3v) is 7.78. The summed E-state index contributed by atoms with van der Waals surface area (Å²) in [4.78, 5) is 22.4. The van der Waals surface area contributed by atoms with E-state index in [0.29, 0.717) is 30.2 Å². The highest BCUT2D eigenvalue weighted by Crippen LogP contribution is 2.42. The zero-order valence-corrected chi connectivity index (χ0v) is 17.7. The molecule has 3 aliphatic heterocycles. The summed E-state index contributed by atoms with van der Waals surface area (Å²) in [7, 11) is 0. The van der Waals surface area contributed by atoms with E-state index < -0.39 is 0 Å². The third-order valence-electron chi connectivity index (χ3n) is 6.96. The van der Waals surface area contributed by atoms with Gasteiger partial charge >= 0.3 is 0 Å². The van der Waals surface area contributed by atoms with Crippen molar-refractivity contribution in [3.8, 4) is 0 Å². The normalized spacial score (nSPS) is 29.7. The van der Waals surface area contributed by atoms with Gasteiger partial charge in [0.05, 0.1) is 10.7 Å². The molecule has 0 radical (unpaired) electrons. The van der Waals surface area contributed by atoms with Crippen molar-refractivity contribution >= 4 is 17.2 Å². The van der Waals surface area contributed by atoms with Gasteiger partial charge in [0, 0.05) is 43.5 Å². The molecular weight excluding hydrogens is 385 g/mol. The van der Waals surface area contributed by atoms with Crippen LogP contribution in [0.25, 0.3) is 0 Å². The number of halogens is 1. The number of amides is 1. The first-order valence-electron chi connectivity index (χ1n) is 10.8. The molecule has 3 saturated heterocycles. The van der Waals surface area contributed by atoms with E-state index in [1.165, 1.54) is 12.5 Å². The number of carbonyl (C=O) groups excluding carboxylic acids is 1. The van der Waals surface area contributed by atoms with Crippen molar-refractivity contribution in [2.75, 3.05) is 13.1 Å². The van der Waals surface area contributed by atoms with Crippen LogP contribution < -0.4 is 0 Å². The summed E-state index contributed by atoms with van der Waals surface area (Å²) < 4.78 is 13.8. The van der Waals surface area contributed by atoms with E-state index >= 15 is 0 Å². The minimum Gasteiger partial charge on any atom is -0.336 e. The highest BCUT2D eigenvalue weighted by Gasteiger charge is 2.49. The summed E-state index contributed by atoms with van der Waals surface area (Å²) in [5.74, 6) is 1.10. The van der Waals surface area contributed by atoms with Gasteiger partial charge in [-0.1, -0.05) is 12.1 Å². The van der Waals surface area contributed by atoms with Crippen LogP contribution in [0.1, 0.15) is 41.9 Å². The van der Waals surface area contributed by atoms with Crippen LogP contribution in [0.5, 0.6) is 0 Å². The molecule has 3 aliphatic rings. The molecule has 154 valence electrons. The molecule has 4 heterocycles. The summed E-state index contributed by atoms with van der Waals surface area (Å²) >= 11 is 1.71. The molecule has 6 heteroatoms. The smallest absolute Gasteiger partial charge is 0.223 e. The van der Waals surface area contributed by atoms with E-state index in [2.05, 4.69) is 27.1 Å². The van der Waals surface area contributed by atoms with Crippen LogP contribution >= 0.6 is 11.3 Å². The lowest BCUT2D eigenvalue weighted by Gasteiger charge is -2.56. The van der Waals surface area contributed by atoms with Gasteiger partial charge in [0.1, 0.15) is 5.82 Å². The van der Waals surface area contributed by atoms with Crippen molar-refractivity contribution in [2.24, 2.45) is 11.8 Å². The Labute approximate surface area is 175 Å². The number of aryl methyl sites for hydroxylation is 1. The standard InChI is InChI=1S/C23H28FN3OS/c1-15-25-20(14-29-15)13-26-11-17-10-18(12-26)22(9-16-4-2-5-19(24)8-16)27-21(17)6-3-7-23(27)28/h2,4-5,8,14,17-18,21-22H,3,6-7,9-13H2,1H3/t17-,18+,21+,22+/m1/s1. The third kappa shape index (κ3) is 3.84. The number of thiazole rings is 1. The summed E-state index contributed by atoms with van der Waals surface area (Å²) in [5, 5.41) is 3.28. The Hall–Kier alpha value is -1.79. The van der Waals surface area contributed by atoms with Crippen molar-refractivity contribution in [1.29, 1.82) is 0 Å². The fourth-order valence-electron chi connectivity index (χ4n) is 5.88. The lowest BCUT2D eigenvalue weighted by molar-refractivity contribution is -0.152. The Morgan fingerprint density at radius 3 is 2.93 bits per heavy atom. The molecule has 0 saturated carbocycles. The highest BCUT2D eigenvalue weighted by molar-refractivity contribution is 7.09. The molecular formula is C23H28FN3OS. The number of hydrogen-bond acceptors (Lipinski definition) is 4. The van der Waals surface area contributed by atoms with E-state index in [1.54, 1.807) is 23.5 Å². The number of rotatable bonds is 4. The number of piperidine rings is 3. The number of carbonyl (C=O) groups is 1. The zero-order valence-electron chi connectivity index (χ0n) is 16.9. The first-order valence-corrected chi connectivity index (χ1v) is 11.6. The van der Waals surface area contributed by atoms with Crippen LogP contribution in [0.2, 0.25) is 0 Å². The topological polar surface area (TPSA) is 36.4 Å². The molecule has 2 aromatic rings. The van der Waals surface area contributed by atoms with Crippen LogP contribution in [-0.2, 0) is 17.8 Å². The molecule has 5 rings (SSSR count). The SMILES string of the molecule is Cc1nc(CN2C[C@H]3C[C@@H](C2)[C@H](Cc2cccc(F)c2)N2C(=O)CCC[C@@H]32)cs1. The molecule has 0 aliphatic carbocycles. The minimum absolute atomic E-state index is 0.172. The first kappa shape index (κ1) is 19.2. The lowest BCUT2D eigenvalue weighted by Crippen LogP contribution is -2.65. The van der Waals surface area contributed by atoms with E-state index in [0.717, 1.165) is 55.2 Å². The van der Waals surface area contributed by atoms with Crippen LogP contribution in [-0.4, -0.2) is 45.9 Å². The number of fused-ring (bicyclic) bond motifs is 4. The van der Waals surface area contributed by atoms with Gasteiger partial charge in [-0.15, -0.1) is 11.3 Å². The van der Waals surface area contributed by atoms with Crippen LogP contribution in [0.3, 0.4) is 0 Å². The zero-order chi connectivity index (χ0) is 20.0. The fraction of sp³-hybridized carbons (Fsp3) is 0.565. The summed E-state index contributed by atoms with van der Waals surface area (Å²) in [6.07, 6.45) is 4.70. The molecule has 1 aromatic carbocycles. The van der Waals surface area contributed by atoms with Gasteiger partial charge in [0.25, 0.3) is 0 Å². The molecule has 0 N–H and O–H groups in total. The van der Waals surface area contributed by atoms with Crippen LogP contribution in [0, 0.1) is 24.6 Å². The summed E-state index contributed by atoms with van der Waals surface area (Å²) in [5.41, 5.74) is 2.16. The Kier molecular flexibility index (Phi) is 5.16. The number of hydrogen-bond donors (Lipinski definition) is 0. The maximum Gasteiger partial charge on any atom is 0.223 e. The predicted octanol–water partition coefficient (Wildman–Crippen LogP) is 4.03. The van der Waals surface area contributed by atoms with Crippen LogP contribution in [0.4, 0.5) is 4.39 Å². The average molecular weight is 414 g/mol. The van der Waals surface area contributed by atoms with Crippen LogP contribution in [0.15, 0.2) is 29.6 Å². The molecule has 4 atom stereocenters. The first-order chi connectivity index (χ1) is 14.1. The van der Waals surface area contributed by atoms with E-state index in [4.69, 9.17) is 0 Å². The summed E-state index contributed by atoms with van der Waals surface area (Å²) in [6.45, 7) is 4.99. The Bertz CT molecular complexity index is 900. The minimum atomic E-state index is -0.193. The number of nitrogens with zero attached hydrogens (tertiary/aromatic N) is 3. The van der Waals surface area contributed by atoms with Gasteiger partial charge in [0.2, 0.25) is 5.91 Å². The number of likely N-dealkylation sites (tertiary alicyclic amines) is 1. The average Bonchev–Trinajstić information content (AvgIpc) is 3.10. The second-order valence-electron chi connectivity index (χ2n) is 8.97. The lowest BCUT2D eigenvalue weighted by atomic mass is 9.70. The van der Waals surface area contributed by atoms with Crippen molar-refractivity contribution in [2.45, 2.75) is 57.7 Å². The quantitative estimate of drug-likeness (QED) is 0.759. The van der Waals surface area contributed by atoms with Gasteiger partial charge in [0.15, 0.2) is 0 Å². The molecule has 0 unspecified atom stereocenters. The fourth-order valence-corrected chi connectivity index (χ4v) is 6.48. The van der Waals surface area contributed by atoms with E-state index in [-0.39, 0.29) is 11.9 Å². The highest BCUT2D eigenvalue weighted by atomic mass is 32.1. The van der Waals surface area contributed by atoms with E-state index in [1.807, 2.05) is 6.07 Å². The van der Waals surface area contributed by atoms with Crippen molar-refractivity contribution in [3.63, 3.8) is 0 Å². The summed E-state index contributed by atoms with van der Waals surface area (Å²) in [6, 6.07) is 7.42. The van der Waals surface area contributed by atoms with Gasteiger partial charge in [-0.2, -0.15) is 0 Å². The largest absolute Gasteiger partial charge is 0.336 e. The van der Waals surface area contributed by atoms with Gasteiger partial charge in [-0.05, 0) is 62.1 Å². The van der Waals surface area contributed by atoms with Gasteiger partial charge in [-0.3, -0.25) is 9.69 Å². The molecule has 1 amide bonds.